The maximum Gasteiger partial charge on any atom is 2.00 e. The predicted molar refractivity (Wildman–Crippen MR) is 77.4 cm³/mol. The van der Waals surface area contributed by atoms with Gasteiger partial charge in [-0.3, -0.25) is 0 Å². The molecule has 0 spiro atoms. The summed E-state index contributed by atoms with van der Waals surface area (Å²) in [7, 11) is 0. The number of fused-ring (bicyclic) bond motifs is 2. The van der Waals surface area contributed by atoms with Gasteiger partial charge in [-0.15, -0.1) is 0 Å². The molecule has 0 N–H and O–H groups in total. The summed E-state index contributed by atoms with van der Waals surface area (Å²) in [5.41, 5.74) is 6.39. The molecule has 0 heterocycles. The normalized spacial score (nSPS) is 16.4. The van der Waals surface area contributed by atoms with E-state index in [1.54, 1.807) is 22.3 Å². The van der Waals surface area contributed by atoms with Crippen LogP contribution >= 0.6 is 0 Å². The molecule has 0 amide bonds. The fourth-order valence-corrected chi connectivity index (χ4v) is 3.23. The third kappa shape index (κ3) is 3.61. The van der Waals surface area contributed by atoms with Crippen LogP contribution in [-0.4, -0.2) is 0 Å². The molecule has 2 aliphatic carbocycles. The zero-order valence-electron chi connectivity index (χ0n) is 11.5. The second kappa shape index (κ2) is 7.12. The zero-order chi connectivity index (χ0) is 12.2. The molecule has 19 heavy (non-hydrogen) atoms. The Labute approximate surface area is 127 Å². The van der Waals surface area contributed by atoms with E-state index in [2.05, 4.69) is 36.4 Å². The van der Waals surface area contributed by atoms with E-state index in [9.17, 15) is 0 Å². The Bertz CT molecular complexity index is 402. The molecule has 0 bridgehead atoms. The summed E-state index contributed by atoms with van der Waals surface area (Å²) in [5, 5.41) is 0. The van der Waals surface area contributed by atoms with Crippen molar-refractivity contribution in [3.8, 4) is 0 Å². The molecule has 0 fully saturated rings. The van der Waals surface area contributed by atoms with Gasteiger partial charge in [-0.1, -0.05) is 51.4 Å². The van der Waals surface area contributed by atoms with Crippen LogP contribution in [0.1, 0.15) is 47.9 Å². The van der Waals surface area contributed by atoms with Gasteiger partial charge in [0.2, 0.25) is 0 Å². The second-order valence-electron chi connectivity index (χ2n) is 5.57. The monoisotopic (exact) mass is 293 g/mol. The van der Waals surface area contributed by atoms with Gasteiger partial charge in [0.1, 0.15) is 0 Å². The number of hydrogen-bond acceptors (Lipinski definition) is 0. The van der Waals surface area contributed by atoms with Gasteiger partial charge in [0.25, 0.3) is 0 Å². The van der Waals surface area contributed by atoms with E-state index < -0.39 is 0 Å². The molecule has 4 rings (SSSR count). The van der Waals surface area contributed by atoms with Crippen LogP contribution in [0.5, 0.6) is 0 Å². The van der Waals surface area contributed by atoms with Crippen LogP contribution in [0, 0.1) is 0 Å². The topological polar surface area (TPSA) is 0 Å². The molecule has 0 saturated carbocycles. The number of aryl methyl sites for hydroxylation is 4. The fourth-order valence-electron chi connectivity index (χ4n) is 3.23. The third-order valence-corrected chi connectivity index (χ3v) is 4.30. The first-order valence-corrected chi connectivity index (χ1v) is 7.40. The molecular formula is C18H22Mn. The van der Waals surface area contributed by atoms with Gasteiger partial charge in [0.05, 0.1) is 0 Å². The smallest absolute Gasteiger partial charge is 0.210 e. The van der Waals surface area contributed by atoms with Crippen molar-refractivity contribution in [2.45, 2.75) is 51.4 Å². The molecule has 0 nitrogen and oxygen atoms in total. The van der Waals surface area contributed by atoms with Gasteiger partial charge in [-0.05, 0) is 0 Å². The van der Waals surface area contributed by atoms with Gasteiger partial charge in [0.15, 0.2) is 0 Å². The molecule has 0 unspecified atom stereocenters. The predicted octanol–water partition coefficient (Wildman–Crippen LogP) is 4.57. The molecule has 101 valence electrons. The fraction of sp³-hybridized carbons (Fsp3) is 0.444. The van der Waals surface area contributed by atoms with E-state index in [0.29, 0.717) is 0 Å². The van der Waals surface area contributed by atoms with Crippen molar-refractivity contribution < 1.29 is 17.1 Å². The van der Waals surface area contributed by atoms with Crippen LogP contribution in [0.2, 0.25) is 0 Å². The van der Waals surface area contributed by atoms with Crippen molar-refractivity contribution >= 4 is 0 Å². The van der Waals surface area contributed by atoms with Gasteiger partial charge in [0, 0.05) is 0 Å². The molecule has 2 aromatic rings. The standard InChI is InChI=1S/2C9H11.Mn/c2*1-2-5-9-7-3-6-8(9)4-1;/h2*3,6-7H,1-2,4-5H2;/q2*-1;+2. The zero-order valence-corrected chi connectivity index (χ0v) is 12.7. The van der Waals surface area contributed by atoms with Crippen LogP contribution < -0.4 is 0 Å². The molecule has 0 atom stereocenters. The van der Waals surface area contributed by atoms with Crippen molar-refractivity contribution in [2.75, 3.05) is 0 Å². The van der Waals surface area contributed by atoms with Crippen LogP contribution in [-0.2, 0) is 42.8 Å². The van der Waals surface area contributed by atoms with E-state index in [-0.39, 0.29) is 17.1 Å². The first-order chi connectivity index (χ1) is 8.93. The molecule has 0 aliphatic heterocycles. The minimum Gasteiger partial charge on any atom is -0.210 e. The SMILES string of the molecule is [Mn+2].c1cc2c([cH-]1)CCCC2.c1cc2c([cH-]1)CCCC2. The van der Waals surface area contributed by atoms with Crippen LogP contribution in [0.3, 0.4) is 0 Å². The molecule has 0 aromatic heterocycles. The van der Waals surface area contributed by atoms with E-state index in [0.717, 1.165) is 0 Å². The summed E-state index contributed by atoms with van der Waals surface area (Å²) < 4.78 is 0. The van der Waals surface area contributed by atoms with Crippen molar-refractivity contribution in [1.29, 1.82) is 0 Å². The van der Waals surface area contributed by atoms with Crippen molar-refractivity contribution in [3.63, 3.8) is 0 Å². The summed E-state index contributed by atoms with van der Waals surface area (Å²) >= 11 is 0. The Morgan fingerprint density at radius 3 is 1.47 bits per heavy atom. The second-order valence-corrected chi connectivity index (χ2v) is 5.57. The Morgan fingerprint density at radius 2 is 1.05 bits per heavy atom. The molecule has 1 heteroatoms. The van der Waals surface area contributed by atoms with E-state index >= 15 is 0 Å². The Hall–Kier alpha value is -0.781. The summed E-state index contributed by atoms with van der Waals surface area (Å²) in [6, 6.07) is 13.4. The number of rotatable bonds is 0. The molecule has 1 radical (unpaired) electrons. The molecule has 2 aromatic carbocycles. The first kappa shape index (κ1) is 14.6. The van der Waals surface area contributed by atoms with Crippen LogP contribution in [0.15, 0.2) is 36.4 Å². The summed E-state index contributed by atoms with van der Waals surface area (Å²) in [5.74, 6) is 0. The average molecular weight is 293 g/mol. The van der Waals surface area contributed by atoms with Gasteiger partial charge < -0.3 is 0 Å². The van der Waals surface area contributed by atoms with E-state index in [1.165, 1.54) is 51.4 Å². The van der Waals surface area contributed by atoms with Gasteiger partial charge in [-0.2, -0.15) is 46.5 Å². The summed E-state index contributed by atoms with van der Waals surface area (Å²) in [4.78, 5) is 0. The van der Waals surface area contributed by atoms with Crippen LogP contribution in [0.25, 0.3) is 0 Å². The average Bonchev–Trinajstić information content (AvgIpc) is 3.08. The van der Waals surface area contributed by atoms with Crippen molar-refractivity contribution in [2.24, 2.45) is 0 Å². The van der Waals surface area contributed by atoms with E-state index in [4.69, 9.17) is 0 Å². The van der Waals surface area contributed by atoms with Crippen molar-refractivity contribution in [1.82, 2.24) is 0 Å². The largest absolute Gasteiger partial charge is 2.00 e. The quantitative estimate of drug-likeness (QED) is 0.493. The third-order valence-electron chi connectivity index (χ3n) is 4.30. The minimum atomic E-state index is 0. The summed E-state index contributed by atoms with van der Waals surface area (Å²) in [6.45, 7) is 0. The summed E-state index contributed by atoms with van der Waals surface area (Å²) in [6.07, 6.45) is 10.9. The maximum atomic E-state index is 2.26. The molecular weight excluding hydrogens is 271 g/mol. The van der Waals surface area contributed by atoms with Crippen molar-refractivity contribution in [3.05, 3.63) is 58.7 Å². The maximum absolute atomic E-state index is 2.26. The first-order valence-electron chi connectivity index (χ1n) is 7.40. The van der Waals surface area contributed by atoms with Gasteiger partial charge in [-0.25, -0.2) is 12.1 Å². The molecule has 0 saturated heterocycles. The van der Waals surface area contributed by atoms with Gasteiger partial charge >= 0.3 is 17.1 Å². The number of hydrogen-bond donors (Lipinski definition) is 0. The molecule has 2 aliphatic rings. The van der Waals surface area contributed by atoms with E-state index in [1.807, 2.05) is 0 Å². The Balaban J connectivity index is 0.000000133. The van der Waals surface area contributed by atoms with Crippen LogP contribution in [0.4, 0.5) is 0 Å². The minimum absolute atomic E-state index is 0. The Morgan fingerprint density at radius 1 is 0.632 bits per heavy atom. The Kier molecular flexibility index (Phi) is 5.48.